The van der Waals surface area contributed by atoms with E-state index in [-0.39, 0.29) is 23.6 Å². The Balaban J connectivity index is 1.77. The zero-order valence-corrected chi connectivity index (χ0v) is 11.8. The number of hydrogen-bond acceptors (Lipinski definition) is 5. The van der Waals surface area contributed by atoms with Crippen LogP contribution in [0.1, 0.15) is 15.9 Å². The molecule has 0 fully saturated rings. The quantitative estimate of drug-likeness (QED) is 0.765. The number of nitrogens with one attached hydrogen (secondary N) is 1. The molecule has 0 aliphatic heterocycles. The van der Waals surface area contributed by atoms with Crippen LogP contribution in [-0.2, 0) is 11.3 Å². The van der Waals surface area contributed by atoms with E-state index in [1.54, 1.807) is 6.07 Å². The number of ether oxygens (including phenoxy) is 1. The SMILES string of the molecule is O=C(Nc1nn2cccnc2c1C(=O)O)OCc1ccccc1. The Hall–Kier alpha value is -3.42. The van der Waals surface area contributed by atoms with Crippen molar-refractivity contribution in [2.45, 2.75) is 6.61 Å². The summed E-state index contributed by atoms with van der Waals surface area (Å²) < 4.78 is 6.32. The molecule has 0 saturated carbocycles. The minimum atomic E-state index is -1.24. The lowest BCUT2D eigenvalue weighted by atomic mass is 10.2. The van der Waals surface area contributed by atoms with Gasteiger partial charge < -0.3 is 9.84 Å². The fourth-order valence-electron chi connectivity index (χ4n) is 2.03. The van der Waals surface area contributed by atoms with Crippen LogP contribution < -0.4 is 5.32 Å². The highest BCUT2D eigenvalue weighted by Crippen LogP contribution is 2.18. The molecule has 8 heteroatoms. The van der Waals surface area contributed by atoms with E-state index >= 15 is 0 Å². The van der Waals surface area contributed by atoms with Crippen LogP contribution in [0.15, 0.2) is 48.8 Å². The number of carbonyl (C=O) groups is 2. The number of nitrogens with zero attached hydrogens (tertiary/aromatic N) is 3. The lowest BCUT2D eigenvalue weighted by molar-refractivity contribution is 0.0700. The van der Waals surface area contributed by atoms with Crippen molar-refractivity contribution >= 4 is 23.5 Å². The average Bonchev–Trinajstić information content (AvgIpc) is 2.91. The maximum Gasteiger partial charge on any atom is 0.413 e. The Morgan fingerprint density at radius 1 is 1.22 bits per heavy atom. The Bertz CT molecular complexity index is 860. The summed E-state index contributed by atoms with van der Waals surface area (Å²) in [6, 6.07) is 10.7. The molecule has 0 atom stereocenters. The average molecular weight is 312 g/mol. The summed E-state index contributed by atoms with van der Waals surface area (Å²) in [5.74, 6) is -1.36. The van der Waals surface area contributed by atoms with E-state index in [4.69, 9.17) is 4.74 Å². The molecular formula is C15H12N4O4. The van der Waals surface area contributed by atoms with E-state index in [1.807, 2.05) is 30.3 Å². The van der Waals surface area contributed by atoms with Crippen LogP contribution >= 0.6 is 0 Å². The second-order valence-corrected chi connectivity index (χ2v) is 4.60. The van der Waals surface area contributed by atoms with Gasteiger partial charge in [-0.05, 0) is 11.6 Å². The Morgan fingerprint density at radius 3 is 2.74 bits per heavy atom. The molecule has 1 amide bonds. The normalized spacial score (nSPS) is 10.4. The number of hydrogen-bond donors (Lipinski definition) is 2. The third kappa shape index (κ3) is 3.10. The van der Waals surface area contributed by atoms with Gasteiger partial charge in [-0.15, -0.1) is 5.10 Å². The van der Waals surface area contributed by atoms with Gasteiger partial charge >= 0.3 is 12.1 Å². The number of aromatic carboxylic acids is 1. The summed E-state index contributed by atoms with van der Waals surface area (Å²) >= 11 is 0. The number of amides is 1. The minimum absolute atomic E-state index is 0.0701. The maximum atomic E-state index is 11.8. The molecular weight excluding hydrogens is 300 g/mol. The molecule has 0 radical (unpaired) electrons. The smallest absolute Gasteiger partial charge is 0.413 e. The van der Waals surface area contributed by atoms with Gasteiger partial charge in [-0.3, -0.25) is 5.32 Å². The van der Waals surface area contributed by atoms with E-state index < -0.39 is 12.1 Å². The molecule has 3 aromatic rings. The Kier molecular flexibility index (Phi) is 3.88. The lowest BCUT2D eigenvalue weighted by Gasteiger charge is -2.05. The minimum Gasteiger partial charge on any atom is -0.477 e. The fraction of sp³-hybridized carbons (Fsp3) is 0.0667. The largest absolute Gasteiger partial charge is 0.477 e. The van der Waals surface area contributed by atoms with Gasteiger partial charge in [0.05, 0.1) is 0 Å². The number of aromatic nitrogens is 3. The molecule has 2 heterocycles. The summed E-state index contributed by atoms with van der Waals surface area (Å²) in [5.41, 5.74) is 0.762. The zero-order chi connectivity index (χ0) is 16.2. The molecule has 2 N–H and O–H groups in total. The van der Waals surface area contributed by atoms with Crippen molar-refractivity contribution in [2.75, 3.05) is 5.32 Å². The Labute approximate surface area is 130 Å². The summed E-state index contributed by atoms with van der Waals surface area (Å²) in [7, 11) is 0. The van der Waals surface area contributed by atoms with Gasteiger partial charge in [-0.1, -0.05) is 30.3 Å². The van der Waals surface area contributed by atoms with Crippen LogP contribution in [0.25, 0.3) is 5.65 Å². The van der Waals surface area contributed by atoms with Crippen LogP contribution in [-0.4, -0.2) is 31.8 Å². The molecule has 0 aliphatic rings. The molecule has 3 rings (SSSR count). The number of carbonyl (C=O) groups excluding carboxylic acids is 1. The van der Waals surface area contributed by atoms with Crippen LogP contribution in [0.2, 0.25) is 0 Å². The molecule has 1 aromatic carbocycles. The molecule has 2 aromatic heterocycles. The lowest BCUT2D eigenvalue weighted by Crippen LogP contribution is -2.16. The first kappa shape index (κ1) is 14.5. The number of rotatable bonds is 4. The van der Waals surface area contributed by atoms with Crippen molar-refractivity contribution in [3.8, 4) is 0 Å². The highest BCUT2D eigenvalue weighted by molar-refractivity contribution is 6.02. The number of benzene rings is 1. The van der Waals surface area contributed by atoms with E-state index in [1.165, 1.54) is 16.9 Å². The van der Waals surface area contributed by atoms with E-state index in [9.17, 15) is 14.7 Å². The zero-order valence-electron chi connectivity index (χ0n) is 11.8. The second kappa shape index (κ2) is 6.14. The molecule has 0 bridgehead atoms. The highest BCUT2D eigenvalue weighted by Gasteiger charge is 2.22. The summed E-state index contributed by atoms with van der Waals surface area (Å²) in [5, 5.41) is 15.6. The molecule has 116 valence electrons. The molecule has 23 heavy (non-hydrogen) atoms. The first-order valence-corrected chi connectivity index (χ1v) is 6.69. The van der Waals surface area contributed by atoms with Gasteiger partial charge in [0.25, 0.3) is 0 Å². The molecule has 0 unspecified atom stereocenters. The summed E-state index contributed by atoms with van der Waals surface area (Å²) in [6.07, 6.45) is 2.19. The van der Waals surface area contributed by atoms with Crippen molar-refractivity contribution in [2.24, 2.45) is 0 Å². The standard InChI is InChI=1S/C15H12N4O4/c20-14(21)11-12(18-19-8-4-7-16-13(11)19)17-15(22)23-9-10-5-2-1-3-6-10/h1-8H,9H2,(H,20,21)(H,17,18,22). The van der Waals surface area contributed by atoms with Crippen LogP contribution in [0.5, 0.6) is 0 Å². The monoisotopic (exact) mass is 312 g/mol. The number of anilines is 1. The van der Waals surface area contributed by atoms with Crippen LogP contribution in [0, 0.1) is 0 Å². The predicted octanol–water partition coefficient (Wildman–Crippen LogP) is 2.18. The topological polar surface area (TPSA) is 106 Å². The van der Waals surface area contributed by atoms with Crippen molar-refractivity contribution < 1.29 is 19.4 Å². The number of carboxylic acids is 1. The molecule has 0 saturated heterocycles. The number of fused-ring (bicyclic) bond motifs is 1. The van der Waals surface area contributed by atoms with Gasteiger partial charge in [0, 0.05) is 12.4 Å². The maximum absolute atomic E-state index is 11.8. The van der Waals surface area contributed by atoms with Gasteiger partial charge in [-0.2, -0.15) is 0 Å². The van der Waals surface area contributed by atoms with E-state index in [0.29, 0.717) is 0 Å². The Morgan fingerprint density at radius 2 is 2.00 bits per heavy atom. The van der Waals surface area contributed by atoms with Gasteiger partial charge in [0.1, 0.15) is 12.2 Å². The first-order chi connectivity index (χ1) is 11.1. The first-order valence-electron chi connectivity index (χ1n) is 6.69. The summed E-state index contributed by atoms with van der Waals surface area (Å²) in [4.78, 5) is 27.2. The molecule has 0 spiro atoms. The van der Waals surface area contributed by atoms with Crippen molar-refractivity contribution in [1.82, 2.24) is 14.6 Å². The molecule has 8 nitrogen and oxygen atoms in total. The third-order valence-corrected chi connectivity index (χ3v) is 3.04. The van der Waals surface area contributed by atoms with Crippen molar-refractivity contribution in [1.29, 1.82) is 0 Å². The van der Waals surface area contributed by atoms with Crippen LogP contribution in [0.4, 0.5) is 10.6 Å². The summed E-state index contributed by atoms with van der Waals surface area (Å²) in [6.45, 7) is 0.0701. The highest BCUT2D eigenvalue weighted by atomic mass is 16.5. The van der Waals surface area contributed by atoms with Crippen LogP contribution in [0.3, 0.4) is 0 Å². The van der Waals surface area contributed by atoms with E-state index in [0.717, 1.165) is 5.56 Å². The third-order valence-electron chi connectivity index (χ3n) is 3.04. The molecule has 0 aliphatic carbocycles. The number of carboxylic acid groups (broad SMARTS) is 1. The van der Waals surface area contributed by atoms with Gasteiger partial charge in [0.2, 0.25) is 0 Å². The predicted molar refractivity (Wildman–Crippen MR) is 80.2 cm³/mol. The van der Waals surface area contributed by atoms with Crippen molar-refractivity contribution in [3.05, 3.63) is 59.9 Å². The second-order valence-electron chi connectivity index (χ2n) is 4.60. The van der Waals surface area contributed by atoms with Gasteiger partial charge in [0.15, 0.2) is 11.5 Å². The van der Waals surface area contributed by atoms with E-state index in [2.05, 4.69) is 15.4 Å². The van der Waals surface area contributed by atoms with Gasteiger partial charge in [-0.25, -0.2) is 19.1 Å². The van der Waals surface area contributed by atoms with Crippen molar-refractivity contribution in [3.63, 3.8) is 0 Å². The fourth-order valence-corrected chi connectivity index (χ4v) is 2.03.